The van der Waals surface area contributed by atoms with Crippen molar-refractivity contribution in [2.75, 3.05) is 44.5 Å². The fourth-order valence-electron chi connectivity index (χ4n) is 4.81. The van der Waals surface area contributed by atoms with Gasteiger partial charge in [0.2, 0.25) is 0 Å². The van der Waals surface area contributed by atoms with Gasteiger partial charge in [0, 0.05) is 31.0 Å². The van der Waals surface area contributed by atoms with Crippen molar-refractivity contribution in [3.63, 3.8) is 0 Å². The van der Waals surface area contributed by atoms with Crippen LogP contribution in [0.15, 0.2) is 109 Å². The fourth-order valence-corrected chi connectivity index (χ4v) is 4.81. The summed E-state index contributed by atoms with van der Waals surface area (Å²) in [6.07, 6.45) is -2.19. The number of nitrogens with zero attached hydrogens (tertiary/aromatic N) is 1. The van der Waals surface area contributed by atoms with Crippen LogP contribution in [0.5, 0.6) is 5.75 Å². The molecule has 0 aliphatic rings. The molecule has 4 N–H and O–H groups in total. The maximum Gasteiger partial charge on any atom is 0.411 e. The monoisotopic (exact) mass is 599 g/mol. The minimum atomic E-state index is -1.67. The number of carbonyl (C=O) groups excluding carboxylic acids is 2. The van der Waals surface area contributed by atoms with E-state index in [-0.39, 0.29) is 19.7 Å². The van der Waals surface area contributed by atoms with Gasteiger partial charge in [0.25, 0.3) is 0 Å². The molecule has 10 heteroatoms. The van der Waals surface area contributed by atoms with Crippen molar-refractivity contribution in [3.05, 3.63) is 126 Å². The highest BCUT2D eigenvalue weighted by Gasteiger charge is 2.35. The van der Waals surface area contributed by atoms with Gasteiger partial charge in [0.15, 0.2) is 0 Å². The van der Waals surface area contributed by atoms with Crippen molar-refractivity contribution in [1.82, 2.24) is 4.90 Å². The van der Waals surface area contributed by atoms with Crippen LogP contribution >= 0.6 is 0 Å². The number of hydrogen-bond donors (Lipinski definition) is 4. The van der Waals surface area contributed by atoms with Gasteiger partial charge in [-0.25, -0.2) is 9.59 Å². The lowest BCUT2D eigenvalue weighted by Gasteiger charge is -2.36. The van der Waals surface area contributed by atoms with Crippen LogP contribution in [-0.2, 0) is 21.6 Å². The van der Waals surface area contributed by atoms with Crippen LogP contribution in [0.25, 0.3) is 0 Å². The summed E-state index contributed by atoms with van der Waals surface area (Å²) in [7, 11) is 2.53. The third-order valence-electron chi connectivity index (χ3n) is 6.90. The van der Waals surface area contributed by atoms with E-state index < -0.39 is 23.9 Å². The SMILES string of the molecule is COC(=O)Nc1cccc(C(O)(CN(Cc2ccccc2)C[C@H](O)COc2ccccc2)c2cccc(NC(=O)OC)c2)c1. The normalized spacial score (nSPS) is 11.8. The first kappa shape index (κ1) is 32.0. The number of amides is 2. The summed E-state index contributed by atoms with van der Waals surface area (Å²) in [5.74, 6) is 0.641. The second kappa shape index (κ2) is 15.5. The van der Waals surface area contributed by atoms with E-state index in [0.717, 1.165) is 5.56 Å². The minimum Gasteiger partial charge on any atom is -0.491 e. The van der Waals surface area contributed by atoms with Crippen molar-refractivity contribution in [2.24, 2.45) is 0 Å². The first-order valence-corrected chi connectivity index (χ1v) is 14.0. The summed E-state index contributed by atoms with van der Waals surface area (Å²) in [5, 5.41) is 29.0. The first-order valence-electron chi connectivity index (χ1n) is 14.0. The number of rotatable bonds is 13. The molecule has 0 spiro atoms. The predicted octanol–water partition coefficient (Wildman–Crippen LogP) is 5.22. The van der Waals surface area contributed by atoms with Crippen LogP contribution in [0.1, 0.15) is 16.7 Å². The Morgan fingerprint density at radius 2 is 1.30 bits per heavy atom. The number of nitrogens with one attached hydrogen (secondary N) is 2. The number of ether oxygens (including phenoxy) is 3. The molecule has 4 aromatic rings. The smallest absolute Gasteiger partial charge is 0.411 e. The van der Waals surface area contributed by atoms with E-state index in [1.165, 1.54) is 14.2 Å². The second-order valence-corrected chi connectivity index (χ2v) is 10.2. The predicted molar refractivity (Wildman–Crippen MR) is 168 cm³/mol. The topological polar surface area (TPSA) is 130 Å². The molecule has 4 rings (SSSR count). The number of hydrogen-bond acceptors (Lipinski definition) is 8. The molecule has 0 unspecified atom stereocenters. The van der Waals surface area contributed by atoms with E-state index in [4.69, 9.17) is 14.2 Å². The van der Waals surface area contributed by atoms with Crippen molar-refractivity contribution in [3.8, 4) is 5.75 Å². The summed E-state index contributed by atoms with van der Waals surface area (Å²) in [4.78, 5) is 25.9. The number of aliphatic hydroxyl groups is 2. The van der Waals surface area contributed by atoms with Crippen LogP contribution in [0, 0.1) is 0 Å². The van der Waals surface area contributed by atoms with Gasteiger partial charge in [-0.3, -0.25) is 15.5 Å². The van der Waals surface area contributed by atoms with E-state index in [0.29, 0.717) is 34.8 Å². The molecule has 0 aromatic heterocycles. The molecule has 0 saturated carbocycles. The molecule has 0 heterocycles. The van der Waals surface area contributed by atoms with Crippen LogP contribution < -0.4 is 15.4 Å². The van der Waals surface area contributed by atoms with E-state index in [1.54, 1.807) is 48.5 Å². The number of benzene rings is 4. The lowest BCUT2D eigenvalue weighted by molar-refractivity contribution is 0.00556. The van der Waals surface area contributed by atoms with E-state index in [2.05, 4.69) is 10.6 Å². The van der Waals surface area contributed by atoms with E-state index in [1.807, 2.05) is 65.6 Å². The lowest BCUT2D eigenvalue weighted by atomic mass is 9.85. The largest absolute Gasteiger partial charge is 0.491 e. The highest BCUT2D eigenvalue weighted by Crippen LogP contribution is 2.34. The molecular weight excluding hydrogens is 562 g/mol. The molecule has 2 amide bonds. The molecule has 0 aliphatic heterocycles. The Balaban J connectivity index is 1.70. The fraction of sp³-hybridized carbons (Fsp3) is 0.235. The van der Waals surface area contributed by atoms with Crippen LogP contribution in [-0.4, -0.2) is 67.3 Å². The van der Waals surface area contributed by atoms with Crippen molar-refractivity contribution >= 4 is 23.6 Å². The van der Waals surface area contributed by atoms with Crippen LogP contribution in [0.3, 0.4) is 0 Å². The average molecular weight is 600 g/mol. The van der Waals surface area contributed by atoms with Crippen molar-refractivity contribution in [1.29, 1.82) is 0 Å². The molecule has 0 radical (unpaired) electrons. The molecule has 0 saturated heterocycles. The summed E-state index contributed by atoms with van der Waals surface area (Å²) < 4.78 is 15.3. The number of carbonyl (C=O) groups is 2. The summed E-state index contributed by atoms with van der Waals surface area (Å²) in [5.41, 5.74) is 1.08. The molecule has 44 heavy (non-hydrogen) atoms. The first-order chi connectivity index (χ1) is 21.3. The van der Waals surface area contributed by atoms with Gasteiger partial charge in [-0.2, -0.15) is 0 Å². The zero-order valence-electron chi connectivity index (χ0n) is 24.7. The number of methoxy groups -OCH3 is 2. The number of para-hydroxylation sites is 1. The lowest BCUT2D eigenvalue weighted by Crippen LogP contribution is -2.45. The zero-order chi connectivity index (χ0) is 31.4. The highest BCUT2D eigenvalue weighted by molar-refractivity contribution is 5.85. The van der Waals surface area contributed by atoms with Gasteiger partial charge in [-0.15, -0.1) is 0 Å². The highest BCUT2D eigenvalue weighted by atomic mass is 16.5. The summed E-state index contributed by atoms with van der Waals surface area (Å²) in [6, 6.07) is 32.6. The molecule has 0 bridgehead atoms. The third-order valence-corrected chi connectivity index (χ3v) is 6.90. The molecule has 4 aromatic carbocycles. The maximum atomic E-state index is 12.6. The Bertz CT molecular complexity index is 1440. The van der Waals surface area contributed by atoms with E-state index in [9.17, 15) is 19.8 Å². The summed E-state index contributed by atoms with van der Waals surface area (Å²) >= 11 is 0. The van der Waals surface area contributed by atoms with Gasteiger partial charge < -0.3 is 24.4 Å². The molecule has 230 valence electrons. The van der Waals surface area contributed by atoms with Crippen LogP contribution in [0.2, 0.25) is 0 Å². The third kappa shape index (κ3) is 9.05. The number of anilines is 2. The molecule has 10 nitrogen and oxygen atoms in total. The minimum absolute atomic E-state index is 0.0354. The van der Waals surface area contributed by atoms with Crippen molar-refractivity contribution in [2.45, 2.75) is 18.2 Å². The van der Waals surface area contributed by atoms with Crippen molar-refractivity contribution < 1.29 is 34.0 Å². The van der Waals surface area contributed by atoms with Crippen LogP contribution in [0.4, 0.5) is 21.0 Å². The summed E-state index contributed by atoms with van der Waals surface area (Å²) in [6.45, 7) is 0.661. The van der Waals surface area contributed by atoms with Gasteiger partial charge in [0.1, 0.15) is 24.1 Å². The number of aliphatic hydroxyl groups excluding tert-OH is 1. The Morgan fingerprint density at radius 1 is 0.773 bits per heavy atom. The second-order valence-electron chi connectivity index (χ2n) is 10.2. The van der Waals surface area contributed by atoms with E-state index >= 15 is 0 Å². The van der Waals surface area contributed by atoms with Gasteiger partial charge >= 0.3 is 12.2 Å². The maximum absolute atomic E-state index is 12.6. The standard InChI is InChI=1S/C34H37N3O7/c1-42-32(39)35-28-15-9-13-26(19-28)34(41,27-14-10-16-29(20-27)36-33(40)43-2)24-37(21-25-11-5-3-6-12-25)22-30(38)23-44-31-17-7-4-8-18-31/h3-20,30,38,41H,21-24H2,1-2H3,(H,35,39)(H,36,40)/t30-/m0/s1. The Kier molecular flexibility index (Phi) is 11.3. The Hall–Kier alpha value is -4.90. The van der Waals surface area contributed by atoms with Gasteiger partial charge in [0.05, 0.1) is 14.2 Å². The average Bonchev–Trinajstić information content (AvgIpc) is 3.04. The molecule has 0 fully saturated rings. The molecular formula is C34H37N3O7. The molecule has 1 atom stereocenters. The molecule has 0 aliphatic carbocycles. The Labute approximate surface area is 256 Å². The zero-order valence-corrected chi connectivity index (χ0v) is 24.7. The van der Waals surface area contributed by atoms with Gasteiger partial charge in [-0.05, 0) is 53.1 Å². The Morgan fingerprint density at radius 3 is 1.82 bits per heavy atom. The van der Waals surface area contributed by atoms with Gasteiger partial charge in [-0.1, -0.05) is 72.8 Å². The quantitative estimate of drug-likeness (QED) is 0.165.